The number of carbonyl (C=O) groups is 1. The predicted octanol–water partition coefficient (Wildman–Crippen LogP) is 2.40. The Bertz CT molecular complexity index is 315. The van der Waals surface area contributed by atoms with Gasteiger partial charge < -0.3 is 10.6 Å². The minimum Gasteiger partial charge on any atom is -0.342 e. The van der Waals surface area contributed by atoms with Crippen LogP contribution in [0, 0.1) is 16.7 Å². The van der Waals surface area contributed by atoms with E-state index >= 15 is 0 Å². The van der Waals surface area contributed by atoms with Crippen LogP contribution < -0.4 is 5.73 Å². The molecule has 18 heavy (non-hydrogen) atoms. The monoisotopic (exact) mass is 252 g/mol. The number of hydrogen-bond acceptors (Lipinski definition) is 2. The highest BCUT2D eigenvalue weighted by Crippen LogP contribution is 2.46. The lowest BCUT2D eigenvalue weighted by Crippen LogP contribution is -2.41. The van der Waals surface area contributed by atoms with Gasteiger partial charge in [0.25, 0.3) is 0 Å². The van der Waals surface area contributed by atoms with Crippen molar-refractivity contribution in [3.63, 3.8) is 0 Å². The van der Waals surface area contributed by atoms with Crippen LogP contribution in [-0.4, -0.2) is 30.4 Å². The Balaban J connectivity index is 1.95. The molecule has 0 spiro atoms. The van der Waals surface area contributed by atoms with Gasteiger partial charge in [-0.2, -0.15) is 0 Å². The zero-order valence-electron chi connectivity index (χ0n) is 12.2. The van der Waals surface area contributed by atoms with Crippen LogP contribution in [-0.2, 0) is 4.79 Å². The molecule has 1 unspecified atom stereocenters. The first-order valence-corrected chi connectivity index (χ1v) is 7.38. The second kappa shape index (κ2) is 4.84. The number of rotatable bonds is 2. The lowest BCUT2D eigenvalue weighted by atomic mass is 9.77. The van der Waals surface area contributed by atoms with Gasteiger partial charge in [-0.15, -0.1) is 0 Å². The third-order valence-corrected chi connectivity index (χ3v) is 4.94. The van der Waals surface area contributed by atoms with Crippen LogP contribution in [0.4, 0.5) is 0 Å². The molecule has 1 amide bonds. The molecule has 0 radical (unpaired) electrons. The Kier molecular flexibility index (Phi) is 3.72. The molecule has 1 heterocycles. The van der Waals surface area contributed by atoms with E-state index in [2.05, 4.69) is 25.7 Å². The number of carbonyl (C=O) groups excluding carboxylic acids is 1. The fourth-order valence-electron chi connectivity index (χ4n) is 3.16. The summed E-state index contributed by atoms with van der Waals surface area (Å²) in [5, 5.41) is 0. The third-order valence-electron chi connectivity index (χ3n) is 4.94. The van der Waals surface area contributed by atoms with Crippen LogP contribution in [0.5, 0.6) is 0 Å². The van der Waals surface area contributed by atoms with Crippen molar-refractivity contribution in [3.05, 3.63) is 0 Å². The maximum atomic E-state index is 12.5. The Morgan fingerprint density at radius 3 is 2.44 bits per heavy atom. The summed E-state index contributed by atoms with van der Waals surface area (Å²) in [6.45, 7) is 9.35. The quantitative estimate of drug-likeness (QED) is 0.820. The predicted molar refractivity (Wildman–Crippen MR) is 74.1 cm³/mol. The second-order valence-corrected chi connectivity index (χ2v) is 7.27. The topological polar surface area (TPSA) is 46.3 Å². The van der Waals surface area contributed by atoms with Crippen LogP contribution in [0.25, 0.3) is 0 Å². The van der Waals surface area contributed by atoms with Crippen LogP contribution in [0.3, 0.4) is 0 Å². The fourth-order valence-corrected chi connectivity index (χ4v) is 3.16. The molecule has 0 aromatic heterocycles. The molecule has 3 nitrogen and oxygen atoms in total. The maximum absolute atomic E-state index is 12.5. The molecule has 0 aromatic carbocycles. The Morgan fingerprint density at radius 1 is 1.28 bits per heavy atom. The third kappa shape index (κ3) is 2.71. The SMILES string of the molecule is CC(C)(C)C1CCCN(C(=O)C2(CN)CC2)CC1. The van der Waals surface area contributed by atoms with Crippen molar-refractivity contribution >= 4 is 5.91 Å². The van der Waals surface area contributed by atoms with Gasteiger partial charge in [0.1, 0.15) is 0 Å². The lowest BCUT2D eigenvalue weighted by Gasteiger charge is -2.30. The summed E-state index contributed by atoms with van der Waals surface area (Å²) in [5.74, 6) is 1.07. The normalized spacial score (nSPS) is 27.8. The highest BCUT2D eigenvalue weighted by Gasteiger charge is 2.50. The summed E-state index contributed by atoms with van der Waals surface area (Å²) in [7, 11) is 0. The molecular weight excluding hydrogens is 224 g/mol. The van der Waals surface area contributed by atoms with Gasteiger partial charge in [-0.05, 0) is 43.4 Å². The maximum Gasteiger partial charge on any atom is 0.230 e. The number of nitrogens with zero attached hydrogens (tertiary/aromatic N) is 1. The van der Waals surface area contributed by atoms with E-state index in [1.807, 2.05) is 0 Å². The molecule has 2 N–H and O–H groups in total. The summed E-state index contributed by atoms with van der Waals surface area (Å²) in [4.78, 5) is 14.6. The van der Waals surface area contributed by atoms with E-state index in [4.69, 9.17) is 5.73 Å². The Labute approximate surface area is 111 Å². The van der Waals surface area contributed by atoms with Gasteiger partial charge in [-0.3, -0.25) is 4.79 Å². The van der Waals surface area contributed by atoms with Gasteiger partial charge in [0.05, 0.1) is 5.41 Å². The average Bonchev–Trinajstić information content (AvgIpc) is 3.11. The van der Waals surface area contributed by atoms with Crippen molar-refractivity contribution in [1.82, 2.24) is 4.90 Å². The molecule has 0 bridgehead atoms. The van der Waals surface area contributed by atoms with Crippen molar-refractivity contribution in [2.75, 3.05) is 19.6 Å². The molecule has 1 saturated heterocycles. The van der Waals surface area contributed by atoms with Crippen molar-refractivity contribution in [1.29, 1.82) is 0 Å². The van der Waals surface area contributed by atoms with Gasteiger partial charge in [-0.25, -0.2) is 0 Å². The zero-order chi connectivity index (χ0) is 13.4. The Hall–Kier alpha value is -0.570. The van der Waals surface area contributed by atoms with Crippen molar-refractivity contribution in [3.8, 4) is 0 Å². The molecule has 1 saturated carbocycles. The van der Waals surface area contributed by atoms with Crippen LogP contribution >= 0.6 is 0 Å². The summed E-state index contributed by atoms with van der Waals surface area (Å²) in [5.41, 5.74) is 5.96. The summed E-state index contributed by atoms with van der Waals surface area (Å²) < 4.78 is 0. The second-order valence-electron chi connectivity index (χ2n) is 7.27. The van der Waals surface area contributed by atoms with Crippen LogP contribution in [0.15, 0.2) is 0 Å². The largest absolute Gasteiger partial charge is 0.342 e. The van der Waals surface area contributed by atoms with E-state index in [1.54, 1.807) is 0 Å². The highest BCUT2D eigenvalue weighted by molar-refractivity contribution is 5.85. The van der Waals surface area contributed by atoms with Crippen molar-refractivity contribution in [2.45, 2.75) is 52.9 Å². The number of amides is 1. The molecule has 2 rings (SSSR count). The lowest BCUT2D eigenvalue weighted by molar-refractivity contribution is -0.136. The van der Waals surface area contributed by atoms with Gasteiger partial charge in [0, 0.05) is 19.6 Å². The molecule has 3 heteroatoms. The van der Waals surface area contributed by atoms with E-state index in [-0.39, 0.29) is 5.41 Å². The standard InChI is InChI=1S/C15H28N2O/c1-14(2,3)12-5-4-9-17(10-6-12)13(18)15(11-16)7-8-15/h12H,4-11,16H2,1-3H3. The molecule has 1 aliphatic heterocycles. The number of likely N-dealkylation sites (tertiary alicyclic amines) is 1. The molecule has 1 atom stereocenters. The smallest absolute Gasteiger partial charge is 0.230 e. The fraction of sp³-hybridized carbons (Fsp3) is 0.933. The van der Waals surface area contributed by atoms with Crippen molar-refractivity contribution in [2.24, 2.45) is 22.5 Å². The molecule has 2 aliphatic rings. The number of hydrogen-bond donors (Lipinski definition) is 1. The Morgan fingerprint density at radius 2 is 1.94 bits per heavy atom. The van der Waals surface area contributed by atoms with Crippen LogP contribution in [0.2, 0.25) is 0 Å². The molecular formula is C15H28N2O. The number of nitrogens with two attached hydrogens (primary N) is 1. The highest BCUT2D eigenvalue weighted by atomic mass is 16.2. The minimum atomic E-state index is -0.165. The first-order chi connectivity index (χ1) is 8.39. The molecule has 1 aliphatic carbocycles. The van der Waals surface area contributed by atoms with Gasteiger partial charge >= 0.3 is 0 Å². The first kappa shape index (κ1) is 13.9. The van der Waals surface area contributed by atoms with E-state index in [0.29, 0.717) is 17.9 Å². The minimum absolute atomic E-state index is 0.165. The van der Waals surface area contributed by atoms with E-state index in [1.165, 1.54) is 6.42 Å². The summed E-state index contributed by atoms with van der Waals surface area (Å²) in [6.07, 6.45) is 5.55. The van der Waals surface area contributed by atoms with Gasteiger partial charge in [-0.1, -0.05) is 20.8 Å². The van der Waals surface area contributed by atoms with E-state index < -0.39 is 0 Å². The zero-order valence-corrected chi connectivity index (χ0v) is 12.2. The van der Waals surface area contributed by atoms with Gasteiger partial charge in [0.15, 0.2) is 0 Å². The summed E-state index contributed by atoms with van der Waals surface area (Å²) in [6, 6.07) is 0. The van der Waals surface area contributed by atoms with Crippen molar-refractivity contribution < 1.29 is 4.79 Å². The first-order valence-electron chi connectivity index (χ1n) is 7.38. The molecule has 104 valence electrons. The van der Waals surface area contributed by atoms with Crippen LogP contribution in [0.1, 0.15) is 52.9 Å². The average molecular weight is 252 g/mol. The van der Waals surface area contributed by atoms with Gasteiger partial charge in [0.2, 0.25) is 5.91 Å². The summed E-state index contributed by atoms with van der Waals surface area (Å²) >= 11 is 0. The van der Waals surface area contributed by atoms with E-state index in [9.17, 15) is 4.79 Å². The molecule has 0 aromatic rings. The molecule has 2 fully saturated rings. The van der Waals surface area contributed by atoms with E-state index in [0.717, 1.165) is 44.7 Å².